The van der Waals surface area contributed by atoms with Gasteiger partial charge in [-0.3, -0.25) is 4.79 Å². The lowest BCUT2D eigenvalue weighted by Crippen LogP contribution is -2.27. The van der Waals surface area contributed by atoms with Crippen molar-refractivity contribution in [1.82, 2.24) is 5.32 Å². The molecule has 1 amide bonds. The number of rotatable bonds is 8. The number of aryl methyl sites for hydroxylation is 1. The Bertz CT molecular complexity index is 1010. The van der Waals surface area contributed by atoms with Gasteiger partial charge in [0.25, 0.3) is 5.91 Å². The van der Waals surface area contributed by atoms with Gasteiger partial charge in [-0.2, -0.15) is 0 Å². The summed E-state index contributed by atoms with van der Waals surface area (Å²) in [5.74, 6) is 0.179. The van der Waals surface area contributed by atoms with Crippen molar-refractivity contribution in [2.75, 3.05) is 25.0 Å². The van der Waals surface area contributed by atoms with Crippen molar-refractivity contribution >= 4 is 23.4 Å². The van der Waals surface area contributed by atoms with E-state index in [1.165, 1.54) is 16.8 Å². The van der Waals surface area contributed by atoms with E-state index in [1.54, 1.807) is 17.8 Å². The summed E-state index contributed by atoms with van der Waals surface area (Å²) in [4.78, 5) is 15.8. The predicted molar refractivity (Wildman–Crippen MR) is 129 cm³/mol. The van der Waals surface area contributed by atoms with Crippen molar-refractivity contribution in [1.29, 1.82) is 0 Å². The van der Waals surface area contributed by atoms with Gasteiger partial charge in [0, 0.05) is 30.7 Å². The Labute approximate surface area is 190 Å². The van der Waals surface area contributed by atoms with Crippen LogP contribution in [0.25, 0.3) is 0 Å². The minimum Gasteiger partial charge on any atom is -0.444 e. The standard InChI is InChI=1S/C26H32N2O2S/c1-19-12-13-20(26(2,3)4)18-23(19)31-24-15-14-22(30-24)25(29)27-16-9-17-28(5)21-10-7-6-8-11-21/h6-8,10-15,18H,9,16-17H2,1-5H3,(H,27,29). The van der Waals surface area contributed by atoms with E-state index >= 15 is 0 Å². The fourth-order valence-electron chi connectivity index (χ4n) is 3.20. The highest BCUT2D eigenvalue weighted by Gasteiger charge is 2.17. The molecule has 0 bridgehead atoms. The van der Waals surface area contributed by atoms with Crippen LogP contribution in [0.15, 0.2) is 75.1 Å². The Morgan fingerprint density at radius 1 is 1.06 bits per heavy atom. The number of hydrogen-bond donors (Lipinski definition) is 1. The van der Waals surface area contributed by atoms with E-state index in [0.29, 0.717) is 12.3 Å². The Balaban J connectivity index is 1.52. The zero-order chi connectivity index (χ0) is 22.4. The lowest BCUT2D eigenvalue weighted by atomic mass is 9.87. The largest absolute Gasteiger partial charge is 0.444 e. The van der Waals surface area contributed by atoms with Crippen molar-refractivity contribution in [3.8, 4) is 0 Å². The molecule has 164 valence electrons. The third kappa shape index (κ3) is 6.41. The first kappa shape index (κ1) is 23.0. The summed E-state index contributed by atoms with van der Waals surface area (Å²) < 4.78 is 5.82. The molecule has 2 aromatic carbocycles. The fourth-order valence-corrected chi connectivity index (χ4v) is 4.10. The Hall–Kier alpha value is -2.66. The fraction of sp³-hybridized carbons (Fsp3) is 0.346. The van der Waals surface area contributed by atoms with Crippen LogP contribution >= 0.6 is 11.8 Å². The maximum absolute atomic E-state index is 12.4. The van der Waals surface area contributed by atoms with Gasteiger partial charge < -0.3 is 14.6 Å². The van der Waals surface area contributed by atoms with E-state index < -0.39 is 0 Å². The molecule has 3 aromatic rings. The minimum absolute atomic E-state index is 0.0891. The zero-order valence-corrected chi connectivity index (χ0v) is 19.9. The van der Waals surface area contributed by atoms with Crippen LogP contribution < -0.4 is 10.2 Å². The molecule has 4 nitrogen and oxygen atoms in total. The number of nitrogens with zero attached hydrogens (tertiary/aromatic N) is 1. The van der Waals surface area contributed by atoms with E-state index in [1.807, 2.05) is 24.3 Å². The highest BCUT2D eigenvalue weighted by Crippen LogP contribution is 2.34. The Morgan fingerprint density at radius 3 is 2.52 bits per heavy atom. The van der Waals surface area contributed by atoms with Crippen LogP contribution in [0.2, 0.25) is 0 Å². The van der Waals surface area contributed by atoms with E-state index in [9.17, 15) is 4.79 Å². The molecule has 0 aliphatic heterocycles. The second-order valence-electron chi connectivity index (χ2n) is 8.82. The molecular formula is C26H32N2O2S. The third-order valence-electron chi connectivity index (χ3n) is 5.22. The topological polar surface area (TPSA) is 45.5 Å². The van der Waals surface area contributed by atoms with Crippen molar-refractivity contribution < 1.29 is 9.21 Å². The molecule has 0 aliphatic carbocycles. The summed E-state index contributed by atoms with van der Waals surface area (Å²) in [7, 11) is 2.06. The Morgan fingerprint density at radius 2 is 1.81 bits per heavy atom. The first-order valence-electron chi connectivity index (χ1n) is 10.7. The molecule has 31 heavy (non-hydrogen) atoms. The number of furan rings is 1. The van der Waals surface area contributed by atoms with Crippen LogP contribution in [0.5, 0.6) is 0 Å². The van der Waals surface area contributed by atoms with Crippen LogP contribution in [0.4, 0.5) is 5.69 Å². The van der Waals surface area contributed by atoms with E-state index in [0.717, 1.165) is 23.0 Å². The number of hydrogen-bond acceptors (Lipinski definition) is 4. The molecule has 0 saturated carbocycles. The van der Waals surface area contributed by atoms with Crippen LogP contribution in [-0.4, -0.2) is 26.0 Å². The van der Waals surface area contributed by atoms with Crippen LogP contribution in [0, 0.1) is 6.92 Å². The molecule has 0 fully saturated rings. The van der Waals surface area contributed by atoms with Gasteiger partial charge in [0.1, 0.15) is 0 Å². The normalized spacial score (nSPS) is 11.4. The first-order chi connectivity index (χ1) is 14.7. The quantitative estimate of drug-likeness (QED) is 0.421. The molecule has 1 N–H and O–H groups in total. The second-order valence-corrected chi connectivity index (χ2v) is 9.86. The molecule has 0 aliphatic rings. The van der Waals surface area contributed by atoms with Gasteiger partial charge in [-0.15, -0.1) is 0 Å². The summed E-state index contributed by atoms with van der Waals surface area (Å²) in [6.07, 6.45) is 0.859. The van der Waals surface area contributed by atoms with Crippen molar-refractivity contribution in [2.45, 2.75) is 49.5 Å². The summed E-state index contributed by atoms with van der Waals surface area (Å²) in [6.45, 7) is 10.2. The van der Waals surface area contributed by atoms with Gasteiger partial charge in [-0.05, 0) is 60.2 Å². The van der Waals surface area contributed by atoms with Gasteiger partial charge >= 0.3 is 0 Å². The van der Waals surface area contributed by atoms with Crippen LogP contribution in [0.3, 0.4) is 0 Å². The molecule has 1 aromatic heterocycles. The number of carbonyl (C=O) groups is 1. The maximum Gasteiger partial charge on any atom is 0.287 e. The average molecular weight is 437 g/mol. The molecule has 0 spiro atoms. The third-order valence-corrected chi connectivity index (χ3v) is 6.30. The van der Waals surface area contributed by atoms with E-state index in [-0.39, 0.29) is 11.3 Å². The number of carbonyl (C=O) groups excluding carboxylic acids is 1. The highest BCUT2D eigenvalue weighted by atomic mass is 32.2. The number of para-hydroxylation sites is 1. The molecule has 0 unspecified atom stereocenters. The van der Waals surface area contributed by atoms with Gasteiger partial charge in [-0.25, -0.2) is 0 Å². The smallest absolute Gasteiger partial charge is 0.287 e. The SMILES string of the molecule is Cc1ccc(C(C)(C)C)cc1Sc1ccc(C(=O)NCCCN(C)c2ccccc2)o1. The lowest BCUT2D eigenvalue weighted by molar-refractivity contribution is 0.0920. The molecule has 1 heterocycles. The number of benzene rings is 2. The molecule has 0 atom stereocenters. The Kier molecular flexibility index (Phi) is 7.50. The van der Waals surface area contributed by atoms with Gasteiger partial charge in [0.2, 0.25) is 0 Å². The summed E-state index contributed by atoms with van der Waals surface area (Å²) in [5.41, 5.74) is 3.74. The van der Waals surface area contributed by atoms with Gasteiger partial charge in [0.15, 0.2) is 10.9 Å². The summed E-state index contributed by atoms with van der Waals surface area (Å²) in [5, 5.41) is 3.68. The molecule has 3 rings (SSSR count). The molecule has 0 saturated heterocycles. The summed E-state index contributed by atoms with van der Waals surface area (Å²) >= 11 is 1.56. The number of nitrogens with one attached hydrogen (secondary N) is 1. The minimum atomic E-state index is -0.172. The van der Waals surface area contributed by atoms with Crippen LogP contribution in [0.1, 0.15) is 48.9 Å². The number of amides is 1. The van der Waals surface area contributed by atoms with Crippen molar-refractivity contribution in [3.63, 3.8) is 0 Å². The van der Waals surface area contributed by atoms with E-state index in [2.05, 4.69) is 75.3 Å². The van der Waals surface area contributed by atoms with Gasteiger partial charge in [0.05, 0.1) is 0 Å². The highest BCUT2D eigenvalue weighted by molar-refractivity contribution is 7.99. The van der Waals surface area contributed by atoms with Crippen LogP contribution in [-0.2, 0) is 5.41 Å². The summed E-state index contributed by atoms with van der Waals surface area (Å²) in [6, 6.07) is 20.4. The van der Waals surface area contributed by atoms with Crippen molar-refractivity contribution in [2.24, 2.45) is 0 Å². The molecule has 0 radical (unpaired) electrons. The predicted octanol–water partition coefficient (Wildman–Crippen LogP) is 6.29. The zero-order valence-electron chi connectivity index (χ0n) is 19.1. The number of anilines is 1. The lowest BCUT2D eigenvalue weighted by Gasteiger charge is -2.20. The van der Waals surface area contributed by atoms with Gasteiger partial charge in [-0.1, -0.05) is 62.9 Å². The monoisotopic (exact) mass is 436 g/mol. The maximum atomic E-state index is 12.4. The van der Waals surface area contributed by atoms with E-state index in [4.69, 9.17) is 4.42 Å². The molecular weight excluding hydrogens is 404 g/mol. The first-order valence-corrected chi connectivity index (χ1v) is 11.5. The van der Waals surface area contributed by atoms with Crippen molar-refractivity contribution in [3.05, 3.63) is 77.6 Å². The molecule has 5 heteroatoms. The average Bonchev–Trinajstić information content (AvgIpc) is 3.21. The second kappa shape index (κ2) is 10.1.